The van der Waals surface area contributed by atoms with E-state index in [1.54, 1.807) is 12.3 Å². The van der Waals surface area contributed by atoms with Gasteiger partial charge in [-0.3, -0.25) is 0 Å². The third kappa shape index (κ3) is 3.21. The van der Waals surface area contributed by atoms with Crippen molar-refractivity contribution < 1.29 is 13.9 Å². The van der Waals surface area contributed by atoms with Gasteiger partial charge in [0.25, 0.3) is 0 Å². The molecular formula is C17H17ClF2N6O. The Morgan fingerprint density at radius 1 is 1.33 bits per heavy atom. The molecule has 1 aliphatic rings. The molecule has 0 saturated carbocycles. The van der Waals surface area contributed by atoms with Crippen molar-refractivity contribution in [2.24, 2.45) is 0 Å². The third-order valence-electron chi connectivity index (χ3n) is 4.59. The molecule has 0 spiro atoms. The van der Waals surface area contributed by atoms with E-state index in [0.29, 0.717) is 29.7 Å². The van der Waals surface area contributed by atoms with Crippen LogP contribution in [0.3, 0.4) is 0 Å². The van der Waals surface area contributed by atoms with E-state index in [0.717, 1.165) is 6.92 Å². The molecule has 0 bridgehead atoms. The van der Waals surface area contributed by atoms with E-state index < -0.39 is 17.9 Å². The molecule has 0 radical (unpaired) electrons. The molecule has 3 aromatic heterocycles. The number of rotatable bonds is 3. The molecule has 1 aliphatic heterocycles. The van der Waals surface area contributed by atoms with Crippen molar-refractivity contribution in [3.63, 3.8) is 0 Å². The number of aliphatic hydroxyl groups is 1. The molecule has 142 valence electrons. The second-order valence-corrected chi connectivity index (χ2v) is 7.16. The van der Waals surface area contributed by atoms with E-state index in [-0.39, 0.29) is 17.0 Å². The topological polar surface area (TPSA) is 80.0 Å². The lowest BCUT2D eigenvalue weighted by atomic mass is 10.2. The Morgan fingerprint density at radius 2 is 2.11 bits per heavy atom. The fraction of sp³-hybridized carbons (Fsp3) is 0.412. The highest BCUT2D eigenvalue weighted by molar-refractivity contribution is 6.30. The lowest BCUT2D eigenvalue weighted by Gasteiger charge is -2.20. The molecule has 2 unspecified atom stereocenters. The Bertz CT molecular complexity index is 1000. The molecule has 1 saturated heterocycles. The van der Waals surface area contributed by atoms with Crippen LogP contribution in [0.15, 0.2) is 24.5 Å². The van der Waals surface area contributed by atoms with Gasteiger partial charge >= 0.3 is 5.92 Å². The molecular weight excluding hydrogens is 378 g/mol. The second-order valence-electron chi connectivity index (χ2n) is 6.78. The Kier molecular flexibility index (Phi) is 4.23. The Morgan fingerprint density at radius 3 is 2.78 bits per heavy atom. The van der Waals surface area contributed by atoms with Crippen molar-refractivity contribution in [1.82, 2.24) is 24.7 Å². The summed E-state index contributed by atoms with van der Waals surface area (Å²) in [4.78, 5) is 13.7. The summed E-state index contributed by atoms with van der Waals surface area (Å²) in [5.74, 6) is -2.96. The maximum absolute atomic E-state index is 13.7. The highest BCUT2D eigenvalue weighted by Crippen LogP contribution is 2.33. The van der Waals surface area contributed by atoms with Crippen molar-refractivity contribution >= 4 is 28.3 Å². The summed E-state index contributed by atoms with van der Waals surface area (Å²) in [7, 11) is 0. The molecule has 1 N–H and O–H groups in total. The number of pyridine rings is 1. The Labute approximate surface area is 158 Å². The van der Waals surface area contributed by atoms with Crippen LogP contribution in [-0.2, 0) is 5.92 Å². The zero-order valence-corrected chi connectivity index (χ0v) is 15.4. The number of β-amino-alcohol motifs (C(OH)–C–C–N with tert-alkyl or cyclic N) is 1. The summed E-state index contributed by atoms with van der Waals surface area (Å²) in [6.07, 6.45) is 3.03. The fourth-order valence-electron chi connectivity index (χ4n) is 3.33. The normalized spacial score (nSPS) is 20.6. The van der Waals surface area contributed by atoms with Crippen LogP contribution in [0.4, 0.5) is 14.6 Å². The summed E-state index contributed by atoms with van der Waals surface area (Å²) < 4.78 is 28.8. The van der Waals surface area contributed by atoms with Crippen molar-refractivity contribution in [3.8, 4) is 5.82 Å². The first kappa shape index (κ1) is 18.0. The van der Waals surface area contributed by atoms with Gasteiger partial charge in [0.2, 0.25) is 5.82 Å². The molecule has 4 rings (SSSR count). The molecule has 0 amide bonds. The number of fused-ring (bicyclic) bond motifs is 1. The van der Waals surface area contributed by atoms with Crippen molar-refractivity contribution in [2.75, 3.05) is 11.4 Å². The molecule has 7 nitrogen and oxygen atoms in total. The smallest absolute Gasteiger partial charge is 0.303 e. The van der Waals surface area contributed by atoms with Crippen LogP contribution in [-0.4, -0.2) is 48.5 Å². The predicted octanol–water partition coefficient (Wildman–Crippen LogP) is 2.94. The molecule has 2 atom stereocenters. The Hall–Kier alpha value is -2.39. The van der Waals surface area contributed by atoms with Crippen molar-refractivity contribution in [1.29, 1.82) is 0 Å². The minimum absolute atomic E-state index is 0.0724. The first-order valence-corrected chi connectivity index (χ1v) is 8.82. The number of halogens is 3. The summed E-state index contributed by atoms with van der Waals surface area (Å²) in [6, 6.07) is 3.18. The van der Waals surface area contributed by atoms with Gasteiger partial charge in [-0.1, -0.05) is 11.6 Å². The van der Waals surface area contributed by atoms with Crippen molar-refractivity contribution in [3.05, 3.63) is 35.5 Å². The minimum Gasteiger partial charge on any atom is -0.391 e. The van der Waals surface area contributed by atoms with E-state index in [1.807, 2.05) is 11.8 Å². The summed E-state index contributed by atoms with van der Waals surface area (Å²) in [6.45, 7) is 3.16. The van der Waals surface area contributed by atoms with Gasteiger partial charge in [0.15, 0.2) is 11.6 Å². The summed E-state index contributed by atoms with van der Waals surface area (Å²) in [5, 5.41) is 15.5. The number of aromatic nitrogens is 5. The average molecular weight is 395 g/mol. The number of hydrogen-bond donors (Lipinski definition) is 1. The zero-order valence-electron chi connectivity index (χ0n) is 14.6. The van der Waals surface area contributed by atoms with Crippen molar-refractivity contribution in [2.45, 2.75) is 38.3 Å². The highest BCUT2D eigenvalue weighted by atomic mass is 35.5. The quantitative estimate of drug-likeness (QED) is 0.688. The monoisotopic (exact) mass is 394 g/mol. The molecule has 10 heteroatoms. The molecule has 0 aliphatic carbocycles. The standard InChI is InChI=1S/C17H17ClF2N6O/c1-9-5-10(27)8-25(9)15-11-7-22-13(18)6-12(11)26(24-15)14-3-4-21-16(23-14)17(2,19)20/h3-4,6-7,9-10,27H,5,8H2,1-2H3. The maximum Gasteiger partial charge on any atom is 0.303 e. The van der Waals surface area contributed by atoms with E-state index in [1.165, 1.54) is 16.9 Å². The summed E-state index contributed by atoms with van der Waals surface area (Å²) >= 11 is 6.04. The first-order valence-electron chi connectivity index (χ1n) is 8.44. The Balaban J connectivity index is 1.90. The SMILES string of the molecule is CC1CC(O)CN1c1nn(-c2ccnc(C(C)(F)F)n2)c2cc(Cl)ncc12. The van der Waals surface area contributed by atoms with E-state index in [4.69, 9.17) is 11.6 Å². The lowest BCUT2D eigenvalue weighted by Crippen LogP contribution is -2.28. The van der Waals surface area contributed by atoms with Crippen LogP contribution < -0.4 is 4.90 Å². The van der Waals surface area contributed by atoms with Gasteiger partial charge in [0.1, 0.15) is 5.15 Å². The minimum atomic E-state index is -3.17. The van der Waals surface area contributed by atoms with E-state index in [9.17, 15) is 13.9 Å². The van der Waals surface area contributed by atoms with Crippen LogP contribution >= 0.6 is 11.6 Å². The van der Waals surface area contributed by atoms with E-state index >= 15 is 0 Å². The van der Waals surface area contributed by atoms with Gasteiger partial charge in [0.05, 0.1) is 17.0 Å². The van der Waals surface area contributed by atoms with Crippen LogP contribution in [0, 0.1) is 0 Å². The predicted molar refractivity (Wildman–Crippen MR) is 96.5 cm³/mol. The van der Waals surface area contributed by atoms with Gasteiger partial charge < -0.3 is 10.0 Å². The second kappa shape index (κ2) is 6.35. The molecule has 27 heavy (non-hydrogen) atoms. The number of aliphatic hydroxyl groups excluding tert-OH is 1. The average Bonchev–Trinajstić information content (AvgIpc) is 3.13. The zero-order chi connectivity index (χ0) is 19.3. The van der Waals surface area contributed by atoms with Gasteiger partial charge in [-0.2, -0.15) is 8.78 Å². The first-order chi connectivity index (χ1) is 12.7. The van der Waals surface area contributed by atoms with Gasteiger partial charge in [-0.25, -0.2) is 19.6 Å². The molecule has 0 aromatic carbocycles. The lowest BCUT2D eigenvalue weighted by molar-refractivity contribution is 0.00763. The largest absolute Gasteiger partial charge is 0.391 e. The number of alkyl halides is 2. The molecule has 3 aromatic rings. The fourth-order valence-corrected chi connectivity index (χ4v) is 3.49. The number of nitrogens with zero attached hydrogens (tertiary/aromatic N) is 6. The van der Waals surface area contributed by atoms with Crippen LogP contribution in [0.25, 0.3) is 16.7 Å². The number of hydrogen-bond acceptors (Lipinski definition) is 6. The van der Waals surface area contributed by atoms with Gasteiger partial charge in [-0.05, 0) is 13.3 Å². The number of anilines is 1. The molecule has 1 fully saturated rings. The van der Waals surface area contributed by atoms with Crippen LogP contribution in [0.5, 0.6) is 0 Å². The maximum atomic E-state index is 13.7. The van der Waals surface area contributed by atoms with E-state index in [2.05, 4.69) is 20.1 Å². The highest BCUT2D eigenvalue weighted by Gasteiger charge is 2.32. The third-order valence-corrected chi connectivity index (χ3v) is 4.79. The van der Waals surface area contributed by atoms with Crippen LogP contribution in [0.2, 0.25) is 5.15 Å². The van der Waals surface area contributed by atoms with Crippen LogP contribution in [0.1, 0.15) is 26.1 Å². The molecule has 4 heterocycles. The van der Waals surface area contributed by atoms with Gasteiger partial charge in [0, 0.05) is 44.0 Å². The van der Waals surface area contributed by atoms with Gasteiger partial charge in [-0.15, -0.1) is 5.10 Å². The summed E-state index contributed by atoms with van der Waals surface area (Å²) in [5.41, 5.74) is 0.586.